The Balaban J connectivity index is 1.53. The second-order valence-electron chi connectivity index (χ2n) is 5.61. The van der Waals surface area contributed by atoms with E-state index < -0.39 is 0 Å². The summed E-state index contributed by atoms with van der Waals surface area (Å²) < 4.78 is 0. The highest BCUT2D eigenvalue weighted by Crippen LogP contribution is 2.02. The zero-order valence-corrected chi connectivity index (χ0v) is 12.7. The van der Waals surface area contributed by atoms with Crippen molar-refractivity contribution < 1.29 is 0 Å². The maximum absolute atomic E-state index is 4.74. The number of nitrogens with zero attached hydrogens (tertiary/aromatic N) is 5. The van der Waals surface area contributed by atoms with Crippen molar-refractivity contribution in [2.45, 2.75) is 13.8 Å². The van der Waals surface area contributed by atoms with Crippen LogP contribution in [0.25, 0.3) is 0 Å². The van der Waals surface area contributed by atoms with E-state index >= 15 is 0 Å². The van der Waals surface area contributed by atoms with Gasteiger partial charge in [-0.15, -0.1) is 0 Å². The molecule has 0 bridgehead atoms. The Hall–Kier alpha value is -0.200. The van der Waals surface area contributed by atoms with E-state index in [-0.39, 0.29) is 0 Å². The lowest BCUT2D eigenvalue weighted by Gasteiger charge is -2.36. The third kappa shape index (κ3) is 5.00. The molecule has 19 heavy (non-hydrogen) atoms. The minimum absolute atomic E-state index is 0.922. The Kier molecular flexibility index (Phi) is 6.53. The molecule has 0 atom stereocenters. The second kappa shape index (κ2) is 8.17. The zero-order valence-electron chi connectivity index (χ0n) is 12.7. The van der Waals surface area contributed by atoms with Crippen LogP contribution in [0, 0.1) is 0 Å². The van der Waals surface area contributed by atoms with E-state index in [0.29, 0.717) is 0 Å². The van der Waals surface area contributed by atoms with Crippen molar-refractivity contribution in [3.63, 3.8) is 0 Å². The maximum Gasteiger partial charge on any atom is 0.0665 e. The first-order valence-corrected chi connectivity index (χ1v) is 7.84. The Bertz CT molecular complexity index is 208. The predicted octanol–water partition coefficient (Wildman–Crippen LogP) is -0.219. The molecule has 2 heterocycles. The van der Waals surface area contributed by atoms with Gasteiger partial charge < -0.3 is 9.80 Å². The highest BCUT2D eigenvalue weighted by molar-refractivity contribution is 4.72. The van der Waals surface area contributed by atoms with Crippen LogP contribution in [-0.4, -0.2) is 98.4 Å². The maximum atomic E-state index is 4.74. The molecule has 2 fully saturated rings. The number of hydrogen-bond donors (Lipinski definition) is 0. The molecule has 0 saturated carbocycles. The van der Waals surface area contributed by atoms with Crippen LogP contribution in [0.5, 0.6) is 0 Å². The van der Waals surface area contributed by atoms with E-state index in [1.165, 1.54) is 65.4 Å². The minimum Gasteiger partial charge on any atom is -0.301 e. The summed E-state index contributed by atoms with van der Waals surface area (Å²) in [6.45, 7) is 18.3. The number of rotatable bonds is 6. The molecule has 0 N–H and O–H groups in total. The van der Waals surface area contributed by atoms with Crippen LogP contribution < -0.4 is 5.32 Å². The Morgan fingerprint density at radius 2 is 0.895 bits per heavy atom. The third-order valence-corrected chi connectivity index (χ3v) is 4.42. The van der Waals surface area contributed by atoms with Crippen LogP contribution in [0.4, 0.5) is 0 Å². The van der Waals surface area contributed by atoms with Gasteiger partial charge in [-0.25, -0.2) is 5.32 Å². The van der Waals surface area contributed by atoms with Crippen LogP contribution in [0.15, 0.2) is 0 Å². The smallest absolute Gasteiger partial charge is 0.0665 e. The molecule has 5 heteroatoms. The first kappa shape index (κ1) is 15.2. The fourth-order valence-corrected chi connectivity index (χ4v) is 2.82. The molecule has 0 aliphatic carbocycles. The van der Waals surface area contributed by atoms with Gasteiger partial charge in [0.2, 0.25) is 0 Å². The van der Waals surface area contributed by atoms with E-state index in [2.05, 4.69) is 33.4 Å². The molecule has 0 spiro atoms. The van der Waals surface area contributed by atoms with Crippen LogP contribution in [0.1, 0.15) is 13.8 Å². The van der Waals surface area contributed by atoms with E-state index in [9.17, 15) is 0 Å². The van der Waals surface area contributed by atoms with Gasteiger partial charge in [-0.3, -0.25) is 9.80 Å². The Labute approximate surface area is 118 Å². The lowest BCUT2D eigenvalue weighted by molar-refractivity contribution is 0.100. The van der Waals surface area contributed by atoms with Gasteiger partial charge in [-0.1, -0.05) is 13.8 Å². The molecule has 0 amide bonds. The van der Waals surface area contributed by atoms with Crippen LogP contribution in [0.2, 0.25) is 0 Å². The van der Waals surface area contributed by atoms with E-state index in [0.717, 1.165) is 13.3 Å². The van der Waals surface area contributed by atoms with Crippen molar-refractivity contribution in [1.29, 1.82) is 0 Å². The van der Waals surface area contributed by atoms with Crippen molar-refractivity contribution in [3.05, 3.63) is 0 Å². The van der Waals surface area contributed by atoms with Gasteiger partial charge in [-0.2, -0.15) is 0 Å². The Morgan fingerprint density at radius 1 is 0.579 bits per heavy atom. The lowest BCUT2D eigenvalue weighted by Crippen LogP contribution is -2.51. The molecule has 2 aliphatic rings. The molecule has 0 aromatic carbocycles. The highest BCUT2D eigenvalue weighted by atomic mass is 15.3. The average Bonchev–Trinajstić information content (AvgIpc) is 2.49. The molecular weight excluding hydrogens is 238 g/mol. The predicted molar refractivity (Wildman–Crippen MR) is 79.2 cm³/mol. The highest BCUT2D eigenvalue weighted by Gasteiger charge is 2.17. The quantitative estimate of drug-likeness (QED) is 0.666. The van der Waals surface area contributed by atoms with E-state index in [1.54, 1.807) is 0 Å². The SMILES string of the molecule is CCN1CCN(C[N]CN2CCN(CC)CC2)CC1. The first-order chi connectivity index (χ1) is 9.31. The van der Waals surface area contributed by atoms with E-state index in [1.807, 2.05) is 0 Å². The monoisotopic (exact) mass is 268 g/mol. The summed E-state index contributed by atoms with van der Waals surface area (Å²) in [5.41, 5.74) is 0. The number of likely N-dealkylation sites (N-methyl/N-ethyl adjacent to an activating group) is 2. The summed E-state index contributed by atoms with van der Waals surface area (Å²) in [6.07, 6.45) is 0. The molecule has 5 nitrogen and oxygen atoms in total. The minimum atomic E-state index is 0.922. The zero-order chi connectivity index (χ0) is 13.5. The second-order valence-corrected chi connectivity index (χ2v) is 5.61. The molecule has 2 rings (SSSR count). The summed E-state index contributed by atoms with van der Waals surface area (Å²) in [6, 6.07) is 0. The van der Waals surface area contributed by atoms with Gasteiger partial charge in [0.25, 0.3) is 0 Å². The third-order valence-electron chi connectivity index (χ3n) is 4.42. The molecule has 2 aliphatic heterocycles. The summed E-state index contributed by atoms with van der Waals surface area (Å²) in [5, 5.41) is 4.74. The Morgan fingerprint density at radius 3 is 1.21 bits per heavy atom. The number of piperazine rings is 2. The molecule has 0 aromatic heterocycles. The van der Waals surface area contributed by atoms with Crippen molar-refractivity contribution in [3.8, 4) is 0 Å². The molecule has 1 radical (unpaired) electrons. The first-order valence-electron chi connectivity index (χ1n) is 7.84. The summed E-state index contributed by atoms with van der Waals surface area (Å²) in [5.74, 6) is 0. The van der Waals surface area contributed by atoms with Crippen LogP contribution >= 0.6 is 0 Å². The normalized spacial score (nSPS) is 24.9. The van der Waals surface area contributed by atoms with Gasteiger partial charge in [0.05, 0.1) is 13.3 Å². The van der Waals surface area contributed by atoms with Crippen LogP contribution in [0.3, 0.4) is 0 Å². The molecule has 0 unspecified atom stereocenters. The number of hydrogen-bond acceptors (Lipinski definition) is 4. The van der Waals surface area contributed by atoms with Gasteiger partial charge in [0.1, 0.15) is 0 Å². The molecule has 2 saturated heterocycles. The van der Waals surface area contributed by atoms with E-state index in [4.69, 9.17) is 5.32 Å². The summed E-state index contributed by atoms with van der Waals surface area (Å²) in [7, 11) is 0. The average molecular weight is 268 g/mol. The topological polar surface area (TPSA) is 27.1 Å². The lowest BCUT2D eigenvalue weighted by atomic mass is 10.3. The standard InChI is InChI=1S/C14H30N5/c1-3-16-5-9-18(10-6-16)13-15-14-19-11-7-17(4-2)8-12-19/h3-14H2,1-2H3. The van der Waals surface area contributed by atoms with Crippen molar-refractivity contribution in [2.75, 3.05) is 78.8 Å². The summed E-state index contributed by atoms with van der Waals surface area (Å²) in [4.78, 5) is 9.99. The molecular formula is C14H30N5. The van der Waals surface area contributed by atoms with Gasteiger partial charge in [0, 0.05) is 52.4 Å². The largest absolute Gasteiger partial charge is 0.301 e. The van der Waals surface area contributed by atoms with Gasteiger partial charge >= 0.3 is 0 Å². The van der Waals surface area contributed by atoms with Crippen LogP contribution in [-0.2, 0) is 0 Å². The fraction of sp³-hybridized carbons (Fsp3) is 1.00. The summed E-state index contributed by atoms with van der Waals surface area (Å²) >= 11 is 0. The van der Waals surface area contributed by atoms with Crippen molar-refractivity contribution in [2.24, 2.45) is 0 Å². The van der Waals surface area contributed by atoms with Gasteiger partial charge in [0.15, 0.2) is 0 Å². The molecule has 0 aromatic rings. The molecule has 111 valence electrons. The fourth-order valence-electron chi connectivity index (χ4n) is 2.82. The van der Waals surface area contributed by atoms with Crippen molar-refractivity contribution in [1.82, 2.24) is 24.9 Å². The van der Waals surface area contributed by atoms with Crippen molar-refractivity contribution >= 4 is 0 Å². The van der Waals surface area contributed by atoms with Gasteiger partial charge in [-0.05, 0) is 13.1 Å².